The van der Waals surface area contributed by atoms with Gasteiger partial charge in [-0.25, -0.2) is 4.79 Å². The summed E-state index contributed by atoms with van der Waals surface area (Å²) < 4.78 is 5.13. The molecule has 0 spiro atoms. The zero-order valence-corrected chi connectivity index (χ0v) is 15.0. The van der Waals surface area contributed by atoms with Crippen molar-refractivity contribution < 1.29 is 19.0 Å². The van der Waals surface area contributed by atoms with Crippen LogP contribution in [0.25, 0.3) is 0 Å². The summed E-state index contributed by atoms with van der Waals surface area (Å²) in [4.78, 5) is 40.7. The third kappa shape index (κ3) is 3.50. The molecule has 3 rings (SSSR count). The Hall–Kier alpha value is -3.30. The van der Waals surface area contributed by atoms with E-state index in [1.54, 1.807) is 6.92 Å². The monoisotopic (exact) mass is 373 g/mol. The maximum Gasteiger partial charge on any atom is 0.325 e. The molecule has 1 aliphatic heterocycles. The van der Waals surface area contributed by atoms with Crippen LogP contribution in [0.4, 0.5) is 10.5 Å². The number of hydrogen-bond acceptors (Lipinski definition) is 7. The van der Waals surface area contributed by atoms with Crippen LogP contribution in [0.2, 0.25) is 0 Å². The highest BCUT2D eigenvalue weighted by Crippen LogP contribution is 2.30. The van der Waals surface area contributed by atoms with Crippen LogP contribution in [-0.2, 0) is 23.3 Å². The smallest absolute Gasteiger partial charge is 0.325 e. The average Bonchev–Trinajstić information content (AvgIpc) is 3.19. The minimum Gasteiger partial charge on any atom is -0.337 e. The van der Waals surface area contributed by atoms with Crippen molar-refractivity contribution in [1.82, 2.24) is 20.4 Å². The molecule has 27 heavy (non-hydrogen) atoms. The van der Waals surface area contributed by atoms with Crippen LogP contribution in [0.5, 0.6) is 0 Å². The molecule has 2 heterocycles. The molecule has 142 valence electrons. The van der Waals surface area contributed by atoms with Crippen molar-refractivity contribution >= 4 is 17.6 Å². The van der Waals surface area contributed by atoms with Gasteiger partial charge >= 0.3 is 6.03 Å². The lowest BCUT2D eigenvalue weighted by Crippen LogP contribution is -2.40. The first-order valence-electron chi connectivity index (χ1n) is 8.55. The zero-order valence-electron chi connectivity index (χ0n) is 15.0. The topological polar surface area (TPSA) is 131 Å². The van der Waals surface area contributed by atoms with Crippen LogP contribution < -0.4 is 5.32 Å². The molecule has 10 nitrogen and oxygen atoms in total. The summed E-state index contributed by atoms with van der Waals surface area (Å²) in [6, 6.07) is 4.90. The van der Waals surface area contributed by atoms with E-state index in [4.69, 9.17) is 4.52 Å². The number of aryl methyl sites for hydroxylation is 1. The first-order chi connectivity index (χ1) is 12.8. The van der Waals surface area contributed by atoms with Crippen molar-refractivity contribution in [2.45, 2.75) is 45.2 Å². The van der Waals surface area contributed by atoms with Crippen LogP contribution in [0.3, 0.4) is 0 Å². The van der Waals surface area contributed by atoms with Gasteiger partial charge in [0, 0.05) is 18.6 Å². The third-order valence-corrected chi connectivity index (χ3v) is 4.49. The number of amides is 3. The Labute approximate surface area is 154 Å². The van der Waals surface area contributed by atoms with E-state index >= 15 is 0 Å². The van der Waals surface area contributed by atoms with Crippen molar-refractivity contribution in [3.63, 3.8) is 0 Å². The summed E-state index contributed by atoms with van der Waals surface area (Å²) in [5, 5.41) is 17.3. The van der Waals surface area contributed by atoms with Crippen LogP contribution >= 0.6 is 0 Å². The number of nitrogens with one attached hydrogen (secondary N) is 1. The molecule has 0 aliphatic carbocycles. The Balaban J connectivity index is 1.77. The van der Waals surface area contributed by atoms with Gasteiger partial charge in [-0.1, -0.05) is 18.5 Å². The Bertz CT molecular complexity index is 878. The molecule has 1 unspecified atom stereocenters. The highest BCUT2D eigenvalue weighted by molar-refractivity contribution is 6.07. The molecular formula is C17H19N5O5. The fourth-order valence-corrected chi connectivity index (χ4v) is 2.88. The second-order valence-corrected chi connectivity index (χ2v) is 6.46. The van der Waals surface area contributed by atoms with Gasteiger partial charge in [0.2, 0.25) is 5.89 Å². The number of carbonyl (C=O) groups is 2. The number of aromatic nitrogens is 2. The predicted molar refractivity (Wildman–Crippen MR) is 92.4 cm³/mol. The van der Waals surface area contributed by atoms with Gasteiger partial charge in [-0.15, -0.1) is 0 Å². The van der Waals surface area contributed by atoms with Crippen molar-refractivity contribution in [3.8, 4) is 0 Å². The van der Waals surface area contributed by atoms with Crippen molar-refractivity contribution in [2.24, 2.45) is 0 Å². The van der Waals surface area contributed by atoms with E-state index in [1.807, 2.05) is 6.92 Å². The number of non-ortho nitro benzene ring substituents is 1. The lowest BCUT2D eigenvalue weighted by molar-refractivity contribution is -0.384. The summed E-state index contributed by atoms with van der Waals surface area (Å²) in [6.45, 7) is 3.47. The van der Waals surface area contributed by atoms with Gasteiger partial charge < -0.3 is 9.84 Å². The molecule has 0 saturated carbocycles. The maximum atomic E-state index is 12.9. The first-order valence-corrected chi connectivity index (χ1v) is 8.55. The Morgan fingerprint density at radius 3 is 2.63 bits per heavy atom. The minimum absolute atomic E-state index is 0.0959. The van der Waals surface area contributed by atoms with Gasteiger partial charge in [0.25, 0.3) is 11.6 Å². The lowest BCUT2D eigenvalue weighted by Gasteiger charge is -2.21. The quantitative estimate of drug-likeness (QED) is 0.447. The van der Waals surface area contributed by atoms with Crippen LogP contribution in [0.1, 0.15) is 44.0 Å². The molecular weight excluding hydrogens is 354 g/mol. The third-order valence-electron chi connectivity index (χ3n) is 4.49. The molecule has 1 aromatic carbocycles. The Kier molecular flexibility index (Phi) is 4.89. The molecule has 1 aromatic heterocycles. The second-order valence-electron chi connectivity index (χ2n) is 6.46. The fourth-order valence-electron chi connectivity index (χ4n) is 2.88. The van der Waals surface area contributed by atoms with Crippen LogP contribution in [0.15, 0.2) is 28.8 Å². The first kappa shape index (κ1) is 18.5. The molecule has 1 fully saturated rings. The van der Waals surface area contributed by atoms with Gasteiger partial charge in [-0.2, -0.15) is 4.98 Å². The standard InChI is InChI=1S/C17H19N5O5/c1-3-4-5-13-18-14(27-20-13)10-21-15(23)17(2,19-16(21)24)11-6-8-12(9-7-11)22(25)26/h6-9H,3-5,10H2,1-2H3,(H,19,24). The highest BCUT2D eigenvalue weighted by Gasteiger charge is 2.49. The maximum absolute atomic E-state index is 12.9. The summed E-state index contributed by atoms with van der Waals surface area (Å²) in [7, 11) is 0. The number of nitro benzene ring substituents is 1. The van der Waals surface area contributed by atoms with Gasteiger partial charge in [0.05, 0.1) is 4.92 Å². The number of nitro groups is 1. The Morgan fingerprint density at radius 2 is 2.00 bits per heavy atom. The number of imide groups is 1. The SMILES string of the molecule is CCCCc1noc(CN2C(=O)NC(C)(c3ccc([N+](=O)[O-])cc3)C2=O)n1. The molecule has 0 bridgehead atoms. The summed E-state index contributed by atoms with van der Waals surface area (Å²) in [6.07, 6.45) is 2.57. The molecule has 0 radical (unpaired) electrons. The molecule has 1 saturated heterocycles. The van der Waals surface area contributed by atoms with Crippen molar-refractivity contribution in [3.05, 3.63) is 51.7 Å². The number of carbonyl (C=O) groups excluding carboxylic acids is 2. The largest absolute Gasteiger partial charge is 0.337 e. The predicted octanol–water partition coefficient (Wildman–Crippen LogP) is 2.29. The number of benzene rings is 1. The van der Waals surface area contributed by atoms with Gasteiger partial charge in [0.1, 0.15) is 12.1 Å². The van der Waals surface area contributed by atoms with E-state index in [0.29, 0.717) is 17.8 Å². The van der Waals surface area contributed by atoms with Crippen LogP contribution in [0, 0.1) is 10.1 Å². The average molecular weight is 373 g/mol. The van der Waals surface area contributed by atoms with E-state index in [1.165, 1.54) is 24.3 Å². The molecule has 2 aromatic rings. The number of unbranched alkanes of at least 4 members (excludes halogenated alkanes) is 1. The normalized spacial score (nSPS) is 19.4. The molecule has 1 N–H and O–H groups in total. The zero-order chi connectivity index (χ0) is 19.6. The van der Waals surface area contributed by atoms with Gasteiger partial charge in [0.15, 0.2) is 5.82 Å². The minimum atomic E-state index is -1.32. The van der Waals surface area contributed by atoms with Gasteiger partial charge in [-0.3, -0.25) is 19.8 Å². The molecule has 1 atom stereocenters. The van der Waals surface area contributed by atoms with E-state index in [-0.39, 0.29) is 18.1 Å². The molecule has 1 aliphatic rings. The molecule has 3 amide bonds. The van der Waals surface area contributed by atoms with Crippen LogP contribution in [-0.4, -0.2) is 31.9 Å². The lowest BCUT2D eigenvalue weighted by atomic mass is 9.92. The van der Waals surface area contributed by atoms with E-state index in [0.717, 1.165) is 17.7 Å². The summed E-state index contributed by atoms with van der Waals surface area (Å²) >= 11 is 0. The van der Waals surface area contributed by atoms with Crippen molar-refractivity contribution in [2.75, 3.05) is 0 Å². The van der Waals surface area contributed by atoms with Gasteiger partial charge in [-0.05, 0) is 31.0 Å². The number of nitrogens with zero attached hydrogens (tertiary/aromatic N) is 4. The van der Waals surface area contributed by atoms with E-state index < -0.39 is 22.4 Å². The summed E-state index contributed by atoms with van der Waals surface area (Å²) in [5.41, 5.74) is -0.971. The highest BCUT2D eigenvalue weighted by atomic mass is 16.6. The number of hydrogen-bond donors (Lipinski definition) is 1. The van der Waals surface area contributed by atoms with E-state index in [2.05, 4.69) is 15.5 Å². The van der Waals surface area contributed by atoms with Crippen molar-refractivity contribution in [1.29, 1.82) is 0 Å². The summed E-state index contributed by atoms with van der Waals surface area (Å²) in [5.74, 6) is 0.226. The second kappa shape index (κ2) is 7.14. The fraction of sp³-hybridized carbons (Fsp3) is 0.412. The van der Waals surface area contributed by atoms with E-state index in [9.17, 15) is 19.7 Å². The Morgan fingerprint density at radius 1 is 1.30 bits per heavy atom. The number of rotatable bonds is 7. The molecule has 10 heteroatoms. The number of urea groups is 1.